The number of thiophene rings is 1. The predicted molar refractivity (Wildman–Crippen MR) is 58.0 cm³/mol. The summed E-state index contributed by atoms with van der Waals surface area (Å²) < 4.78 is 39.0. The van der Waals surface area contributed by atoms with Crippen LogP contribution < -0.4 is 5.32 Å². The van der Waals surface area contributed by atoms with Crippen molar-refractivity contribution in [2.24, 2.45) is 0 Å². The second-order valence-corrected chi connectivity index (χ2v) is 4.21. The topological polar surface area (TPSA) is 12.0 Å². The van der Waals surface area contributed by atoms with Crippen LogP contribution in [0.3, 0.4) is 0 Å². The molecule has 0 unspecified atom stereocenters. The SMILES string of the molecule is Fc1cc(F)c(NCc2cccs2)c(F)c1. The highest BCUT2D eigenvalue weighted by atomic mass is 32.1. The maximum absolute atomic E-state index is 13.2. The molecule has 0 saturated heterocycles. The van der Waals surface area contributed by atoms with E-state index in [9.17, 15) is 13.2 Å². The van der Waals surface area contributed by atoms with Crippen LogP contribution in [0.2, 0.25) is 0 Å². The molecule has 0 spiro atoms. The Morgan fingerprint density at radius 2 is 1.81 bits per heavy atom. The first kappa shape index (κ1) is 11.0. The van der Waals surface area contributed by atoms with Crippen molar-refractivity contribution in [2.45, 2.75) is 6.54 Å². The van der Waals surface area contributed by atoms with Gasteiger partial charge in [0.15, 0.2) is 11.6 Å². The number of hydrogen-bond donors (Lipinski definition) is 1. The van der Waals surface area contributed by atoms with E-state index in [1.165, 1.54) is 11.3 Å². The molecule has 5 heteroatoms. The monoisotopic (exact) mass is 243 g/mol. The standard InChI is InChI=1S/C11H8F3NS/c12-7-4-9(13)11(10(14)5-7)15-6-8-2-1-3-16-8/h1-5,15H,6H2. The smallest absolute Gasteiger partial charge is 0.152 e. The second-order valence-electron chi connectivity index (χ2n) is 3.18. The number of rotatable bonds is 3. The van der Waals surface area contributed by atoms with Crippen molar-refractivity contribution < 1.29 is 13.2 Å². The Balaban J connectivity index is 2.15. The van der Waals surface area contributed by atoms with Gasteiger partial charge in [-0.05, 0) is 11.4 Å². The summed E-state index contributed by atoms with van der Waals surface area (Å²) in [6.07, 6.45) is 0. The highest BCUT2D eigenvalue weighted by Gasteiger charge is 2.10. The molecule has 1 aromatic heterocycles. The van der Waals surface area contributed by atoms with Gasteiger partial charge in [0.2, 0.25) is 0 Å². The van der Waals surface area contributed by atoms with Crippen molar-refractivity contribution in [1.29, 1.82) is 0 Å². The molecular formula is C11H8F3NS. The highest BCUT2D eigenvalue weighted by molar-refractivity contribution is 7.09. The van der Waals surface area contributed by atoms with Crippen molar-refractivity contribution in [1.82, 2.24) is 0 Å². The van der Waals surface area contributed by atoms with Gasteiger partial charge in [-0.1, -0.05) is 6.07 Å². The first-order valence-corrected chi connectivity index (χ1v) is 5.45. The summed E-state index contributed by atoms with van der Waals surface area (Å²) in [5.74, 6) is -2.76. The first-order chi connectivity index (χ1) is 7.66. The Hall–Kier alpha value is -1.49. The summed E-state index contributed by atoms with van der Waals surface area (Å²) in [5, 5.41) is 4.47. The molecule has 0 bridgehead atoms. The zero-order chi connectivity index (χ0) is 11.5. The molecule has 0 radical (unpaired) electrons. The number of nitrogens with one attached hydrogen (secondary N) is 1. The Morgan fingerprint density at radius 1 is 1.12 bits per heavy atom. The van der Waals surface area contributed by atoms with E-state index in [1.807, 2.05) is 17.5 Å². The van der Waals surface area contributed by atoms with Gasteiger partial charge in [0.1, 0.15) is 11.5 Å². The zero-order valence-corrected chi connectivity index (χ0v) is 8.95. The average molecular weight is 243 g/mol. The van der Waals surface area contributed by atoms with Gasteiger partial charge in [0.25, 0.3) is 0 Å². The molecule has 0 amide bonds. The van der Waals surface area contributed by atoms with Crippen LogP contribution in [0, 0.1) is 17.5 Å². The molecule has 16 heavy (non-hydrogen) atoms. The van der Waals surface area contributed by atoms with E-state index in [4.69, 9.17) is 0 Å². The summed E-state index contributed by atoms with van der Waals surface area (Å²) in [4.78, 5) is 0.947. The van der Waals surface area contributed by atoms with Gasteiger partial charge in [-0.3, -0.25) is 0 Å². The molecule has 84 valence electrons. The number of anilines is 1. The van der Waals surface area contributed by atoms with E-state index in [0.29, 0.717) is 18.7 Å². The predicted octanol–water partition coefficient (Wildman–Crippen LogP) is 3.78. The maximum atomic E-state index is 13.2. The van der Waals surface area contributed by atoms with E-state index < -0.39 is 17.5 Å². The molecule has 2 rings (SSSR count). The van der Waals surface area contributed by atoms with Crippen LogP contribution in [0.25, 0.3) is 0 Å². The van der Waals surface area contributed by atoms with Gasteiger partial charge in [-0.2, -0.15) is 0 Å². The first-order valence-electron chi connectivity index (χ1n) is 4.57. The zero-order valence-electron chi connectivity index (χ0n) is 8.14. The summed E-state index contributed by atoms with van der Waals surface area (Å²) in [5.41, 5.74) is -0.296. The molecule has 0 aliphatic rings. The van der Waals surface area contributed by atoms with Crippen molar-refractivity contribution in [2.75, 3.05) is 5.32 Å². The summed E-state index contributed by atoms with van der Waals surface area (Å²) in [6, 6.07) is 5.00. The number of halogens is 3. The molecule has 0 aliphatic carbocycles. The lowest BCUT2D eigenvalue weighted by Crippen LogP contribution is -2.03. The Bertz CT molecular complexity index is 459. The lowest BCUT2D eigenvalue weighted by Gasteiger charge is -2.07. The van der Waals surface area contributed by atoms with Gasteiger partial charge in [0, 0.05) is 23.6 Å². The van der Waals surface area contributed by atoms with Crippen LogP contribution in [0.4, 0.5) is 18.9 Å². The summed E-state index contributed by atoms with van der Waals surface area (Å²) in [6.45, 7) is 0.317. The van der Waals surface area contributed by atoms with Crippen LogP contribution in [0.15, 0.2) is 29.6 Å². The molecule has 1 aromatic carbocycles. The van der Waals surface area contributed by atoms with E-state index in [2.05, 4.69) is 5.32 Å². The van der Waals surface area contributed by atoms with Gasteiger partial charge < -0.3 is 5.32 Å². The van der Waals surface area contributed by atoms with Crippen molar-refractivity contribution in [3.63, 3.8) is 0 Å². The van der Waals surface area contributed by atoms with E-state index in [0.717, 1.165) is 4.88 Å². The average Bonchev–Trinajstić information content (AvgIpc) is 2.68. The molecule has 0 saturated carbocycles. The molecule has 2 aromatic rings. The van der Waals surface area contributed by atoms with Crippen LogP contribution in [0.5, 0.6) is 0 Å². The van der Waals surface area contributed by atoms with Crippen molar-refractivity contribution >= 4 is 17.0 Å². The van der Waals surface area contributed by atoms with E-state index in [1.54, 1.807) is 0 Å². The normalized spacial score (nSPS) is 10.4. The molecule has 1 N–H and O–H groups in total. The number of benzene rings is 1. The molecule has 0 fully saturated rings. The van der Waals surface area contributed by atoms with E-state index >= 15 is 0 Å². The Labute approximate surface area is 94.5 Å². The third-order valence-electron chi connectivity index (χ3n) is 2.03. The third-order valence-corrected chi connectivity index (χ3v) is 2.90. The molecular weight excluding hydrogens is 235 g/mol. The van der Waals surface area contributed by atoms with Crippen molar-refractivity contribution in [3.8, 4) is 0 Å². The minimum Gasteiger partial charge on any atom is -0.375 e. The largest absolute Gasteiger partial charge is 0.375 e. The van der Waals surface area contributed by atoms with Gasteiger partial charge >= 0.3 is 0 Å². The minimum absolute atomic E-state index is 0.296. The molecule has 0 aliphatic heterocycles. The number of hydrogen-bond acceptors (Lipinski definition) is 2. The Morgan fingerprint density at radius 3 is 2.38 bits per heavy atom. The fourth-order valence-electron chi connectivity index (χ4n) is 1.30. The maximum Gasteiger partial charge on any atom is 0.152 e. The van der Waals surface area contributed by atoms with Crippen LogP contribution in [-0.2, 0) is 6.54 Å². The van der Waals surface area contributed by atoms with Gasteiger partial charge in [0.05, 0.1) is 0 Å². The summed E-state index contributed by atoms with van der Waals surface area (Å²) >= 11 is 1.48. The molecule has 0 atom stereocenters. The van der Waals surface area contributed by atoms with Gasteiger partial charge in [-0.25, -0.2) is 13.2 Å². The molecule has 1 heterocycles. The quantitative estimate of drug-likeness (QED) is 0.865. The molecule has 1 nitrogen and oxygen atoms in total. The second kappa shape index (κ2) is 4.57. The van der Waals surface area contributed by atoms with Crippen LogP contribution >= 0.6 is 11.3 Å². The lowest BCUT2D eigenvalue weighted by atomic mass is 10.2. The summed E-state index contributed by atoms with van der Waals surface area (Å²) in [7, 11) is 0. The minimum atomic E-state index is -0.922. The van der Waals surface area contributed by atoms with E-state index in [-0.39, 0.29) is 5.69 Å². The highest BCUT2D eigenvalue weighted by Crippen LogP contribution is 2.21. The van der Waals surface area contributed by atoms with Crippen LogP contribution in [0.1, 0.15) is 4.88 Å². The van der Waals surface area contributed by atoms with Gasteiger partial charge in [-0.15, -0.1) is 11.3 Å². The fraction of sp³-hybridized carbons (Fsp3) is 0.0909. The lowest BCUT2D eigenvalue weighted by molar-refractivity contribution is 0.547. The fourth-order valence-corrected chi connectivity index (χ4v) is 1.94. The van der Waals surface area contributed by atoms with Crippen LogP contribution in [-0.4, -0.2) is 0 Å². The third kappa shape index (κ3) is 2.36. The Kier molecular flexibility index (Phi) is 3.14. The van der Waals surface area contributed by atoms with Crippen molar-refractivity contribution in [3.05, 3.63) is 52.0 Å².